The van der Waals surface area contributed by atoms with Crippen LogP contribution in [0.25, 0.3) is 0 Å². The van der Waals surface area contributed by atoms with E-state index in [4.69, 9.17) is 0 Å². The van der Waals surface area contributed by atoms with Crippen molar-refractivity contribution in [2.75, 3.05) is 13.6 Å². The lowest BCUT2D eigenvalue weighted by atomic mass is 10.1. The second kappa shape index (κ2) is 8.16. The molecule has 0 radical (unpaired) electrons. The minimum atomic E-state index is -0.272. The number of aliphatic hydroxyl groups excluding tert-OH is 1. The smallest absolute Gasteiger partial charge is 0.317 e. The van der Waals surface area contributed by atoms with Crippen molar-refractivity contribution in [3.8, 4) is 0 Å². The van der Waals surface area contributed by atoms with Gasteiger partial charge in [0.15, 0.2) is 0 Å². The highest BCUT2D eigenvalue weighted by Gasteiger charge is 2.27. The van der Waals surface area contributed by atoms with Gasteiger partial charge in [0.1, 0.15) is 0 Å². The zero-order valence-corrected chi connectivity index (χ0v) is 14.6. The Bertz CT molecular complexity index is 686. The van der Waals surface area contributed by atoms with Gasteiger partial charge in [0, 0.05) is 37.8 Å². The quantitative estimate of drug-likeness (QED) is 0.846. The molecule has 0 aliphatic heterocycles. The first-order valence-corrected chi connectivity index (χ1v) is 8.84. The summed E-state index contributed by atoms with van der Waals surface area (Å²) in [5.41, 5.74) is 2.16. The molecule has 1 aromatic heterocycles. The third-order valence-corrected chi connectivity index (χ3v) is 4.79. The standard InChI is InChI=1S/C19H26N4O2/c1-22(14-17-8-5-9-18(17)24)19(25)20-10-16-11-21-23(13-16)12-15-6-3-2-4-7-15/h2-4,6-7,11,13,17-18,24H,5,8-10,12,14H2,1H3,(H,20,25). The molecule has 2 amide bonds. The Morgan fingerprint density at radius 1 is 1.32 bits per heavy atom. The lowest BCUT2D eigenvalue weighted by Gasteiger charge is -2.23. The molecule has 2 aromatic rings. The molecule has 1 aromatic carbocycles. The van der Waals surface area contributed by atoms with Crippen LogP contribution in [0.15, 0.2) is 42.7 Å². The van der Waals surface area contributed by atoms with E-state index in [1.54, 1.807) is 18.1 Å². The van der Waals surface area contributed by atoms with E-state index in [0.717, 1.165) is 24.8 Å². The summed E-state index contributed by atoms with van der Waals surface area (Å²) in [6, 6.07) is 10.0. The van der Waals surface area contributed by atoms with E-state index < -0.39 is 0 Å². The number of aliphatic hydroxyl groups is 1. The summed E-state index contributed by atoms with van der Waals surface area (Å²) >= 11 is 0. The monoisotopic (exact) mass is 342 g/mol. The highest BCUT2D eigenvalue weighted by molar-refractivity contribution is 5.73. The first-order chi connectivity index (χ1) is 12.1. The van der Waals surface area contributed by atoms with Crippen molar-refractivity contribution in [2.24, 2.45) is 5.92 Å². The molecule has 25 heavy (non-hydrogen) atoms. The molecular weight excluding hydrogens is 316 g/mol. The summed E-state index contributed by atoms with van der Waals surface area (Å²) in [6.45, 7) is 1.76. The van der Waals surface area contributed by atoms with E-state index in [1.807, 2.05) is 29.1 Å². The van der Waals surface area contributed by atoms with E-state index in [2.05, 4.69) is 22.5 Å². The highest BCUT2D eigenvalue weighted by atomic mass is 16.3. The van der Waals surface area contributed by atoms with E-state index >= 15 is 0 Å². The topological polar surface area (TPSA) is 70.4 Å². The minimum absolute atomic E-state index is 0.116. The number of rotatable bonds is 6. The van der Waals surface area contributed by atoms with Crippen LogP contribution < -0.4 is 5.32 Å². The predicted molar refractivity (Wildman–Crippen MR) is 96.0 cm³/mol. The third-order valence-electron chi connectivity index (χ3n) is 4.79. The van der Waals surface area contributed by atoms with Crippen molar-refractivity contribution < 1.29 is 9.90 Å². The molecule has 1 fully saturated rings. The number of hydrogen-bond donors (Lipinski definition) is 2. The van der Waals surface area contributed by atoms with Gasteiger partial charge in [0.05, 0.1) is 18.8 Å². The Labute approximate surface area is 148 Å². The molecule has 1 saturated carbocycles. The Morgan fingerprint density at radius 2 is 2.12 bits per heavy atom. The number of nitrogens with zero attached hydrogens (tertiary/aromatic N) is 3. The van der Waals surface area contributed by atoms with Crippen LogP contribution >= 0.6 is 0 Å². The number of benzene rings is 1. The van der Waals surface area contributed by atoms with Gasteiger partial charge in [-0.15, -0.1) is 0 Å². The molecule has 1 aliphatic rings. The molecule has 2 N–H and O–H groups in total. The largest absolute Gasteiger partial charge is 0.393 e. The highest BCUT2D eigenvalue weighted by Crippen LogP contribution is 2.25. The average molecular weight is 342 g/mol. The number of carbonyl (C=O) groups excluding carboxylic acids is 1. The van der Waals surface area contributed by atoms with Crippen molar-refractivity contribution in [1.82, 2.24) is 20.0 Å². The normalized spacial score (nSPS) is 19.8. The molecule has 2 atom stereocenters. The average Bonchev–Trinajstić information content (AvgIpc) is 3.23. The maximum absolute atomic E-state index is 12.2. The van der Waals surface area contributed by atoms with Crippen LogP contribution in [0.4, 0.5) is 4.79 Å². The SMILES string of the molecule is CN(CC1CCCC1O)C(=O)NCc1cnn(Cc2ccccc2)c1. The van der Waals surface area contributed by atoms with Gasteiger partial charge in [-0.3, -0.25) is 4.68 Å². The van der Waals surface area contributed by atoms with E-state index in [1.165, 1.54) is 5.56 Å². The fraction of sp³-hybridized carbons (Fsp3) is 0.474. The number of urea groups is 1. The van der Waals surface area contributed by atoms with Crippen LogP contribution in [0.3, 0.4) is 0 Å². The van der Waals surface area contributed by atoms with Crippen LogP contribution in [0.1, 0.15) is 30.4 Å². The fourth-order valence-electron chi connectivity index (χ4n) is 3.33. The van der Waals surface area contributed by atoms with Gasteiger partial charge in [-0.2, -0.15) is 5.10 Å². The molecule has 0 spiro atoms. The Balaban J connectivity index is 1.45. The summed E-state index contributed by atoms with van der Waals surface area (Å²) in [5.74, 6) is 0.198. The van der Waals surface area contributed by atoms with Crippen LogP contribution in [-0.4, -0.2) is 45.5 Å². The van der Waals surface area contributed by atoms with Crippen molar-refractivity contribution in [1.29, 1.82) is 0 Å². The van der Waals surface area contributed by atoms with E-state index in [9.17, 15) is 9.90 Å². The molecule has 0 saturated heterocycles. The van der Waals surface area contributed by atoms with Crippen LogP contribution in [-0.2, 0) is 13.1 Å². The van der Waals surface area contributed by atoms with Crippen LogP contribution in [0, 0.1) is 5.92 Å². The van der Waals surface area contributed by atoms with Crippen molar-refractivity contribution in [3.05, 3.63) is 53.9 Å². The molecule has 1 aliphatic carbocycles. The molecule has 6 nitrogen and oxygen atoms in total. The maximum atomic E-state index is 12.2. The first-order valence-electron chi connectivity index (χ1n) is 8.84. The number of nitrogens with one attached hydrogen (secondary N) is 1. The fourth-order valence-corrected chi connectivity index (χ4v) is 3.33. The molecule has 6 heteroatoms. The Morgan fingerprint density at radius 3 is 2.84 bits per heavy atom. The van der Waals surface area contributed by atoms with E-state index in [-0.39, 0.29) is 18.1 Å². The predicted octanol–water partition coefficient (Wildman–Crippen LogP) is 2.23. The van der Waals surface area contributed by atoms with E-state index in [0.29, 0.717) is 19.6 Å². The van der Waals surface area contributed by atoms with Crippen molar-refractivity contribution in [2.45, 2.75) is 38.5 Å². The molecule has 134 valence electrons. The number of hydrogen-bond acceptors (Lipinski definition) is 3. The molecular formula is C19H26N4O2. The van der Waals surface area contributed by atoms with Gasteiger partial charge >= 0.3 is 6.03 Å². The number of amides is 2. The molecule has 0 bridgehead atoms. The number of carbonyl (C=O) groups is 1. The molecule has 3 rings (SSSR count). The third kappa shape index (κ3) is 4.82. The second-order valence-electron chi connectivity index (χ2n) is 6.83. The summed E-state index contributed by atoms with van der Waals surface area (Å²) in [5, 5.41) is 17.1. The van der Waals surface area contributed by atoms with Gasteiger partial charge in [-0.05, 0) is 18.4 Å². The van der Waals surface area contributed by atoms with Crippen LogP contribution in [0.5, 0.6) is 0 Å². The summed E-state index contributed by atoms with van der Waals surface area (Å²) < 4.78 is 1.87. The molecule has 1 heterocycles. The van der Waals surface area contributed by atoms with Gasteiger partial charge in [-0.1, -0.05) is 36.8 Å². The molecule has 2 unspecified atom stereocenters. The lowest BCUT2D eigenvalue weighted by Crippen LogP contribution is -2.40. The summed E-state index contributed by atoms with van der Waals surface area (Å²) in [6.07, 6.45) is 6.34. The first kappa shape index (κ1) is 17.5. The zero-order valence-electron chi connectivity index (χ0n) is 14.6. The van der Waals surface area contributed by atoms with Gasteiger partial charge in [-0.25, -0.2) is 4.79 Å². The van der Waals surface area contributed by atoms with Gasteiger partial charge in [0.2, 0.25) is 0 Å². The Kier molecular flexibility index (Phi) is 5.71. The minimum Gasteiger partial charge on any atom is -0.393 e. The summed E-state index contributed by atoms with van der Waals surface area (Å²) in [7, 11) is 1.78. The van der Waals surface area contributed by atoms with Gasteiger partial charge in [0.25, 0.3) is 0 Å². The number of aromatic nitrogens is 2. The zero-order chi connectivity index (χ0) is 17.6. The van der Waals surface area contributed by atoms with Crippen molar-refractivity contribution >= 4 is 6.03 Å². The van der Waals surface area contributed by atoms with Crippen molar-refractivity contribution in [3.63, 3.8) is 0 Å². The second-order valence-corrected chi connectivity index (χ2v) is 6.83. The van der Waals surface area contributed by atoms with Crippen LogP contribution in [0.2, 0.25) is 0 Å². The Hall–Kier alpha value is -2.34. The van der Waals surface area contributed by atoms with Gasteiger partial charge < -0.3 is 15.3 Å². The summed E-state index contributed by atoms with van der Waals surface area (Å²) in [4.78, 5) is 13.9. The maximum Gasteiger partial charge on any atom is 0.317 e. The lowest BCUT2D eigenvalue weighted by molar-refractivity contribution is 0.114.